The highest BCUT2D eigenvalue weighted by Gasteiger charge is 2.54. The maximum absolute atomic E-state index is 11.0. The molecule has 0 aromatic carbocycles. The quantitative estimate of drug-likeness (QED) is 0.755. The highest BCUT2D eigenvalue weighted by molar-refractivity contribution is 5.05. The van der Waals surface area contributed by atoms with Crippen molar-refractivity contribution in [1.82, 2.24) is 0 Å². The minimum atomic E-state index is -0.790. The van der Waals surface area contributed by atoms with Gasteiger partial charge >= 0.3 is 0 Å². The predicted octanol–water partition coefficient (Wildman–Crippen LogP) is 1.78. The van der Waals surface area contributed by atoms with Gasteiger partial charge in [0.1, 0.15) is 0 Å². The van der Waals surface area contributed by atoms with Crippen molar-refractivity contribution in [2.24, 2.45) is 23.0 Å². The normalized spacial score (nSPS) is 34.3. The summed E-state index contributed by atoms with van der Waals surface area (Å²) in [7, 11) is 1.65. The lowest BCUT2D eigenvalue weighted by Crippen LogP contribution is -2.57. The summed E-state index contributed by atoms with van der Waals surface area (Å²) in [6.07, 6.45) is 3.19. The molecule has 0 bridgehead atoms. The van der Waals surface area contributed by atoms with E-state index in [2.05, 4.69) is 20.8 Å². The smallest absolute Gasteiger partial charge is 0.0970 e. The Morgan fingerprint density at radius 3 is 2.50 bits per heavy atom. The summed E-state index contributed by atoms with van der Waals surface area (Å²) in [6.45, 7) is 7.29. The van der Waals surface area contributed by atoms with Crippen LogP contribution in [0.15, 0.2) is 0 Å². The Morgan fingerprint density at radius 2 is 2.19 bits per heavy atom. The third-order valence-electron chi connectivity index (χ3n) is 4.48. The van der Waals surface area contributed by atoms with E-state index in [-0.39, 0.29) is 11.3 Å². The molecular formula is C13H27NO2. The molecule has 1 fully saturated rings. The van der Waals surface area contributed by atoms with Gasteiger partial charge in [-0.05, 0) is 24.7 Å². The van der Waals surface area contributed by atoms with E-state index in [9.17, 15) is 5.11 Å². The molecule has 3 unspecified atom stereocenters. The van der Waals surface area contributed by atoms with Crippen LogP contribution in [0.25, 0.3) is 0 Å². The summed E-state index contributed by atoms with van der Waals surface area (Å²) < 4.78 is 5.24. The van der Waals surface area contributed by atoms with Crippen molar-refractivity contribution in [2.45, 2.75) is 45.6 Å². The first-order valence-corrected chi connectivity index (χ1v) is 6.33. The van der Waals surface area contributed by atoms with Crippen LogP contribution in [-0.2, 0) is 4.74 Å². The second-order valence-electron chi connectivity index (χ2n) is 5.84. The molecule has 1 saturated carbocycles. The zero-order chi connectivity index (χ0) is 12.4. The second kappa shape index (κ2) is 5.03. The maximum Gasteiger partial charge on any atom is 0.0970 e. The van der Waals surface area contributed by atoms with E-state index in [1.54, 1.807) is 7.11 Å². The van der Waals surface area contributed by atoms with Gasteiger partial charge in [0.15, 0.2) is 0 Å². The number of methoxy groups -OCH3 is 1. The standard InChI is InChI=1S/C13H27NO2/c1-10(2)13(15,9-16-4)12(8-14)6-5-11(3)7-12/h10-11,15H,5-9,14H2,1-4H3. The van der Waals surface area contributed by atoms with Crippen LogP contribution in [0.2, 0.25) is 0 Å². The van der Waals surface area contributed by atoms with Gasteiger partial charge in [0.25, 0.3) is 0 Å². The molecule has 0 amide bonds. The first-order valence-electron chi connectivity index (χ1n) is 6.33. The number of aliphatic hydroxyl groups is 1. The van der Waals surface area contributed by atoms with Crippen molar-refractivity contribution in [3.8, 4) is 0 Å². The molecule has 1 aliphatic rings. The summed E-state index contributed by atoms with van der Waals surface area (Å²) in [5.41, 5.74) is 5.02. The van der Waals surface area contributed by atoms with E-state index < -0.39 is 5.60 Å². The van der Waals surface area contributed by atoms with Crippen molar-refractivity contribution in [1.29, 1.82) is 0 Å². The molecule has 0 radical (unpaired) electrons. The van der Waals surface area contributed by atoms with E-state index >= 15 is 0 Å². The molecule has 0 saturated heterocycles. The Kier molecular flexibility index (Phi) is 4.38. The lowest BCUT2D eigenvalue weighted by Gasteiger charge is -2.47. The molecule has 96 valence electrons. The Morgan fingerprint density at radius 1 is 1.56 bits per heavy atom. The Bertz CT molecular complexity index is 230. The fourth-order valence-corrected chi connectivity index (χ4v) is 3.30. The van der Waals surface area contributed by atoms with E-state index in [4.69, 9.17) is 10.5 Å². The van der Waals surface area contributed by atoms with Crippen LogP contribution >= 0.6 is 0 Å². The van der Waals surface area contributed by atoms with E-state index in [0.717, 1.165) is 19.3 Å². The zero-order valence-corrected chi connectivity index (χ0v) is 11.1. The van der Waals surface area contributed by atoms with Gasteiger partial charge in [0.2, 0.25) is 0 Å². The summed E-state index contributed by atoms with van der Waals surface area (Å²) in [5.74, 6) is 0.826. The number of hydrogen-bond acceptors (Lipinski definition) is 3. The summed E-state index contributed by atoms with van der Waals surface area (Å²) >= 11 is 0. The minimum Gasteiger partial charge on any atom is -0.387 e. The van der Waals surface area contributed by atoms with Crippen LogP contribution in [0.3, 0.4) is 0 Å². The first-order chi connectivity index (χ1) is 7.42. The maximum atomic E-state index is 11.0. The highest BCUT2D eigenvalue weighted by Crippen LogP contribution is 2.51. The lowest BCUT2D eigenvalue weighted by molar-refractivity contribution is -0.150. The zero-order valence-electron chi connectivity index (χ0n) is 11.1. The average Bonchev–Trinajstić information content (AvgIpc) is 2.61. The predicted molar refractivity (Wildman–Crippen MR) is 66.2 cm³/mol. The average molecular weight is 229 g/mol. The van der Waals surface area contributed by atoms with Gasteiger partial charge in [-0.25, -0.2) is 0 Å². The van der Waals surface area contributed by atoms with Crippen LogP contribution in [0, 0.1) is 17.3 Å². The Labute approximate surface area is 99.4 Å². The van der Waals surface area contributed by atoms with Crippen LogP contribution < -0.4 is 5.73 Å². The van der Waals surface area contributed by atoms with Gasteiger partial charge in [0.05, 0.1) is 12.2 Å². The third-order valence-corrected chi connectivity index (χ3v) is 4.48. The van der Waals surface area contributed by atoms with Gasteiger partial charge in [0, 0.05) is 19.1 Å². The van der Waals surface area contributed by atoms with Gasteiger partial charge in [-0.2, -0.15) is 0 Å². The lowest BCUT2D eigenvalue weighted by atomic mass is 9.65. The molecule has 0 heterocycles. The SMILES string of the molecule is COCC(O)(C(C)C)C1(CN)CCC(C)C1. The molecule has 1 rings (SSSR count). The highest BCUT2D eigenvalue weighted by atomic mass is 16.5. The number of ether oxygens (including phenoxy) is 1. The van der Waals surface area contributed by atoms with Crippen molar-refractivity contribution in [3.63, 3.8) is 0 Å². The molecule has 3 nitrogen and oxygen atoms in total. The van der Waals surface area contributed by atoms with Crippen LogP contribution in [-0.4, -0.2) is 31.0 Å². The fraction of sp³-hybridized carbons (Fsp3) is 1.00. The first kappa shape index (κ1) is 13.9. The second-order valence-corrected chi connectivity index (χ2v) is 5.84. The van der Waals surface area contributed by atoms with Crippen molar-refractivity contribution in [2.75, 3.05) is 20.3 Å². The monoisotopic (exact) mass is 229 g/mol. The van der Waals surface area contributed by atoms with Crippen LogP contribution in [0.4, 0.5) is 0 Å². The molecule has 3 heteroatoms. The van der Waals surface area contributed by atoms with E-state index in [1.807, 2.05) is 0 Å². The molecule has 0 aliphatic heterocycles. The van der Waals surface area contributed by atoms with Gasteiger partial charge in [-0.15, -0.1) is 0 Å². The molecule has 16 heavy (non-hydrogen) atoms. The largest absolute Gasteiger partial charge is 0.387 e. The number of nitrogens with two attached hydrogens (primary N) is 1. The topological polar surface area (TPSA) is 55.5 Å². The molecular weight excluding hydrogens is 202 g/mol. The van der Waals surface area contributed by atoms with E-state index in [1.165, 1.54) is 0 Å². The van der Waals surface area contributed by atoms with Crippen molar-refractivity contribution in [3.05, 3.63) is 0 Å². The minimum absolute atomic E-state index is 0.156. The van der Waals surface area contributed by atoms with Gasteiger partial charge in [-0.1, -0.05) is 27.2 Å². The number of hydrogen-bond donors (Lipinski definition) is 2. The third kappa shape index (κ3) is 2.13. The van der Waals surface area contributed by atoms with Crippen LogP contribution in [0.1, 0.15) is 40.0 Å². The van der Waals surface area contributed by atoms with Gasteiger partial charge in [-0.3, -0.25) is 0 Å². The molecule has 1 aliphatic carbocycles. The Hall–Kier alpha value is -0.120. The number of rotatable bonds is 5. The molecule has 0 aromatic heterocycles. The molecule has 3 atom stereocenters. The molecule has 3 N–H and O–H groups in total. The molecule has 0 aromatic rings. The van der Waals surface area contributed by atoms with Crippen molar-refractivity contribution < 1.29 is 9.84 Å². The van der Waals surface area contributed by atoms with Crippen LogP contribution in [0.5, 0.6) is 0 Å². The fourth-order valence-electron chi connectivity index (χ4n) is 3.30. The van der Waals surface area contributed by atoms with E-state index in [0.29, 0.717) is 19.1 Å². The summed E-state index contributed by atoms with van der Waals surface area (Å²) in [4.78, 5) is 0. The summed E-state index contributed by atoms with van der Waals surface area (Å²) in [5, 5.41) is 11.0. The molecule has 0 spiro atoms. The Balaban J connectivity index is 2.98. The summed E-state index contributed by atoms with van der Waals surface area (Å²) in [6, 6.07) is 0. The van der Waals surface area contributed by atoms with Gasteiger partial charge < -0.3 is 15.6 Å². The van der Waals surface area contributed by atoms with Crippen molar-refractivity contribution >= 4 is 0 Å².